The fourth-order valence-electron chi connectivity index (χ4n) is 4.75. The number of carbonyl (C=O) groups excluding carboxylic acids is 1. The predicted molar refractivity (Wildman–Crippen MR) is 121 cm³/mol. The van der Waals surface area contributed by atoms with E-state index in [1.807, 2.05) is 30.3 Å². The zero-order valence-corrected chi connectivity index (χ0v) is 17.8. The van der Waals surface area contributed by atoms with Gasteiger partial charge in [-0.1, -0.05) is 61.4 Å². The molecule has 0 saturated carbocycles. The zero-order chi connectivity index (χ0) is 20.3. The number of amides is 1. The molecule has 0 fully saturated rings. The zero-order valence-electron chi connectivity index (χ0n) is 17.1. The van der Waals surface area contributed by atoms with Crippen molar-refractivity contribution in [2.75, 3.05) is 25.0 Å². The Kier molecular flexibility index (Phi) is 6.07. The Morgan fingerprint density at radius 1 is 1.10 bits per heavy atom. The first-order chi connectivity index (χ1) is 14.1. The summed E-state index contributed by atoms with van der Waals surface area (Å²) in [5, 5.41) is 3.88. The lowest BCUT2D eigenvalue weighted by atomic mass is 9.75. The Bertz CT molecular complexity index is 905. The molecule has 2 aromatic rings. The van der Waals surface area contributed by atoms with E-state index >= 15 is 0 Å². The number of hydrogen-bond acceptors (Lipinski definition) is 2. The van der Waals surface area contributed by atoms with Gasteiger partial charge in [-0.05, 0) is 67.1 Å². The number of nitrogens with zero attached hydrogens (tertiary/aromatic N) is 1. The van der Waals surface area contributed by atoms with Crippen LogP contribution in [0.4, 0.5) is 5.69 Å². The molecule has 152 valence electrons. The van der Waals surface area contributed by atoms with Crippen molar-refractivity contribution >= 4 is 28.8 Å². The average molecular weight is 409 g/mol. The maximum Gasteiger partial charge on any atom is 0.235 e. The smallest absolute Gasteiger partial charge is 0.235 e. The van der Waals surface area contributed by atoms with E-state index in [0.717, 1.165) is 62.4 Å². The van der Waals surface area contributed by atoms with Crippen LogP contribution in [0, 0.1) is 0 Å². The molecule has 29 heavy (non-hydrogen) atoms. The SMILES string of the molecule is CCC1(CCCCN2CC=C(c3ccc(Cl)cc3)CC2)C(=O)Nc2ccccc21. The molecule has 0 saturated heterocycles. The second-order valence-electron chi connectivity index (χ2n) is 8.18. The number of halogens is 1. The first kappa shape index (κ1) is 20.2. The van der Waals surface area contributed by atoms with Crippen LogP contribution in [0.1, 0.15) is 50.2 Å². The van der Waals surface area contributed by atoms with Gasteiger partial charge < -0.3 is 5.32 Å². The molecule has 1 unspecified atom stereocenters. The van der Waals surface area contributed by atoms with E-state index in [1.54, 1.807) is 0 Å². The van der Waals surface area contributed by atoms with Gasteiger partial charge in [0.15, 0.2) is 0 Å². The third-order valence-corrected chi connectivity index (χ3v) is 6.82. The molecule has 4 rings (SSSR count). The number of para-hydroxylation sites is 1. The minimum atomic E-state index is -0.347. The van der Waals surface area contributed by atoms with Gasteiger partial charge in [0, 0.05) is 23.8 Å². The Morgan fingerprint density at radius 3 is 2.62 bits per heavy atom. The van der Waals surface area contributed by atoms with Gasteiger partial charge in [0.05, 0.1) is 5.41 Å². The largest absolute Gasteiger partial charge is 0.325 e. The number of anilines is 1. The Hall–Kier alpha value is -2.10. The van der Waals surface area contributed by atoms with Crippen molar-refractivity contribution in [1.29, 1.82) is 0 Å². The first-order valence-corrected chi connectivity index (χ1v) is 11.1. The quantitative estimate of drug-likeness (QED) is 0.578. The summed E-state index contributed by atoms with van der Waals surface area (Å²) in [7, 11) is 0. The normalized spacial score (nSPS) is 21.6. The van der Waals surface area contributed by atoms with E-state index in [9.17, 15) is 4.79 Å². The second-order valence-corrected chi connectivity index (χ2v) is 8.62. The van der Waals surface area contributed by atoms with E-state index in [-0.39, 0.29) is 11.3 Å². The van der Waals surface area contributed by atoms with Crippen molar-refractivity contribution in [2.24, 2.45) is 0 Å². The predicted octanol–water partition coefficient (Wildman–Crippen LogP) is 5.90. The lowest BCUT2D eigenvalue weighted by molar-refractivity contribution is -0.121. The Labute approximate surface area is 178 Å². The summed E-state index contributed by atoms with van der Waals surface area (Å²) >= 11 is 6.00. The molecule has 2 aliphatic heterocycles. The number of unbranched alkanes of at least 4 members (excludes halogenated alkanes) is 1. The van der Waals surface area contributed by atoms with E-state index in [2.05, 4.69) is 41.4 Å². The van der Waals surface area contributed by atoms with Crippen LogP contribution in [-0.2, 0) is 10.2 Å². The van der Waals surface area contributed by atoms with Crippen LogP contribution in [0.3, 0.4) is 0 Å². The first-order valence-electron chi connectivity index (χ1n) is 10.7. The molecule has 2 aromatic carbocycles. The molecule has 2 heterocycles. The van der Waals surface area contributed by atoms with Gasteiger partial charge in [-0.3, -0.25) is 9.69 Å². The van der Waals surface area contributed by atoms with Crippen molar-refractivity contribution in [1.82, 2.24) is 4.90 Å². The summed E-state index contributed by atoms with van der Waals surface area (Å²) < 4.78 is 0. The van der Waals surface area contributed by atoms with Crippen LogP contribution >= 0.6 is 11.6 Å². The number of nitrogens with one attached hydrogen (secondary N) is 1. The molecule has 1 N–H and O–H groups in total. The fraction of sp³-hybridized carbons (Fsp3) is 0.400. The molecule has 0 aromatic heterocycles. The van der Waals surface area contributed by atoms with Gasteiger partial charge in [-0.15, -0.1) is 0 Å². The van der Waals surface area contributed by atoms with Gasteiger partial charge in [0.2, 0.25) is 5.91 Å². The highest BCUT2D eigenvalue weighted by Gasteiger charge is 2.44. The highest BCUT2D eigenvalue weighted by Crippen LogP contribution is 2.43. The molecule has 4 heteroatoms. The number of carbonyl (C=O) groups is 1. The number of rotatable bonds is 7. The summed E-state index contributed by atoms with van der Waals surface area (Å²) in [5.74, 6) is 0.176. The minimum absolute atomic E-state index is 0.176. The van der Waals surface area contributed by atoms with Gasteiger partial charge in [0.25, 0.3) is 0 Å². The molecule has 1 atom stereocenters. The third kappa shape index (κ3) is 4.12. The second kappa shape index (κ2) is 8.73. The lowest BCUT2D eigenvalue weighted by Crippen LogP contribution is -2.34. The van der Waals surface area contributed by atoms with Crippen LogP contribution in [0.15, 0.2) is 54.6 Å². The molecule has 1 amide bonds. The van der Waals surface area contributed by atoms with Crippen LogP contribution in [0.25, 0.3) is 5.57 Å². The van der Waals surface area contributed by atoms with Crippen LogP contribution in [0.5, 0.6) is 0 Å². The molecular formula is C25H29ClN2O. The number of hydrogen-bond donors (Lipinski definition) is 1. The minimum Gasteiger partial charge on any atom is -0.325 e. The van der Waals surface area contributed by atoms with Gasteiger partial charge in [-0.25, -0.2) is 0 Å². The van der Waals surface area contributed by atoms with Crippen LogP contribution in [-0.4, -0.2) is 30.4 Å². The van der Waals surface area contributed by atoms with Crippen molar-refractivity contribution in [3.05, 3.63) is 70.8 Å². The summed E-state index contributed by atoms with van der Waals surface area (Å²) in [4.78, 5) is 15.2. The van der Waals surface area contributed by atoms with Crippen LogP contribution < -0.4 is 5.32 Å². The average Bonchev–Trinajstić information content (AvgIpc) is 3.04. The van der Waals surface area contributed by atoms with Crippen molar-refractivity contribution < 1.29 is 4.79 Å². The summed E-state index contributed by atoms with van der Waals surface area (Å²) in [6.07, 6.45) is 7.40. The Balaban J connectivity index is 1.29. The summed E-state index contributed by atoms with van der Waals surface area (Å²) in [5.41, 5.74) is 4.53. The monoisotopic (exact) mass is 408 g/mol. The van der Waals surface area contributed by atoms with Gasteiger partial charge >= 0.3 is 0 Å². The summed E-state index contributed by atoms with van der Waals surface area (Å²) in [6, 6.07) is 16.3. The van der Waals surface area contributed by atoms with E-state index in [4.69, 9.17) is 11.6 Å². The van der Waals surface area contributed by atoms with Crippen molar-refractivity contribution in [2.45, 2.75) is 44.4 Å². The molecule has 0 aliphatic carbocycles. The molecule has 2 aliphatic rings. The highest BCUT2D eigenvalue weighted by atomic mass is 35.5. The number of fused-ring (bicyclic) bond motifs is 1. The molecule has 0 spiro atoms. The lowest BCUT2D eigenvalue weighted by Gasteiger charge is -2.28. The van der Waals surface area contributed by atoms with E-state index in [1.165, 1.54) is 16.7 Å². The maximum absolute atomic E-state index is 12.7. The molecule has 3 nitrogen and oxygen atoms in total. The molecule has 0 radical (unpaired) electrons. The van der Waals surface area contributed by atoms with Crippen LogP contribution in [0.2, 0.25) is 5.02 Å². The number of benzene rings is 2. The summed E-state index contributed by atoms with van der Waals surface area (Å²) in [6.45, 7) is 5.32. The maximum atomic E-state index is 12.7. The molecule has 0 bridgehead atoms. The Morgan fingerprint density at radius 2 is 1.90 bits per heavy atom. The van der Waals surface area contributed by atoms with E-state index < -0.39 is 0 Å². The molecular weight excluding hydrogens is 380 g/mol. The van der Waals surface area contributed by atoms with Gasteiger partial charge in [0.1, 0.15) is 0 Å². The fourth-order valence-corrected chi connectivity index (χ4v) is 4.88. The standard InChI is InChI=1S/C25H29ClN2O/c1-2-25(22-7-3-4-8-23(22)27-24(25)29)15-5-6-16-28-17-13-20(14-18-28)19-9-11-21(26)12-10-19/h3-4,7-13H,2,5-6,14-18H2,1H3,(H,27,29). The highest BCUT2D eigenvalue weighted by molar-refractivity contribution is 6.30. The van der Waals surface area contributed by atoms with Gasteiger partial charge in [-0.2, -0.15) is 0 Å². The van der Waals surface area contributed by atoms with E-state index in [0.29, 0.717) is 0 Å². The van der Waals surface area contributed by atoms with Crippen molar-refractivity contribution in [3.8, 4) is 0 Å². The van der Waals surface area contributed by atoms with Crippen molar-refractivity contribution in [3.63, 3.8) is 0 Å². The third-order valence-electron chi connectivity index (χ3n) is 6.57. The topological polar surface area (TPSA) is 32.3 Å².